The van der Waals surface area contributed by atoms with Gasteiger partial charge in [-0.3, -0.25) is 10.1 Å². The maximum absolute atomic E-state index is 11.9. The van der Waals surface area contributed by atoms with E-state index in [0.29, 0.717) is 5.82 Å². The smallest absolute Gasteiger partial charge is 0.318 e. The molecule has 3 N–H and O–H groups in total. The van der Waals surface area contributed by atoms with E-state index in [1.807, 2.05) is 6.92 Å². The molecule has 3 rings (SSSR count). The summed E-state index contributed by atoms with van der Waals surface area (Å²) in [5.74, 6) is 0.289. The lowest BCUT2D eigenvalue weighted by Crippen LogP contribution is -2.39. The SMILES string of the molecule is Cc1nc(S[C@H](C)C(=O)NC(N)=O)c2c3c(sc2n1)CCCC3. The largest absolute Gasteiger partial charge is 0.351 e. The normalized spacial score (nSPS) is 15.2. The lowest BCUT2D eigenvalue weighted by Gasteiger charge is -2.13. The highest BCUT2D eigenvalue weighted by atomic mass is 32.2. The van der Waals surface area contributed by atoms with Crippen molar-refractivity contribution in [2.45, 2.75) is 49.8 Å². The zero-order valence-electron chi connectivity index (χ0n) is 13.0. The van der Waals surface area contributed by atoms with Crippen LogP contribution in [0.5, 0.6) is 0 Å². The summed E-state index contributed by atoms with van der Waals surface area (Å²) < 4.78 is 0. The Balaban J connectivity index is 1.98. The Morgan fingerprint density at radius 2 is 2.04 bits per heavy atom. The first-order valence-electron chi connectivity index (χ1n) is 7.51. The van der Waals surface area contributed by atoms with Gasteiger partial charge in [-0.1, -0.05) is 11.8 Å². The summed E-state index contributed by atoms with van der Waals surface area (Å²) in [5, 5.41) is 3.56. The number of rotatable bonds is 3. The zero-order chi connectivity index (χ0) is 16.6. The number of hydrogen-bond donors (Lipinski definition) is 2. The second-order valence-electron chi connectivity index (χ2n) is 5.58. The third kappa shape index (κ3) is 3.32. The van der Waals surface area contributed by atoms with Crippen LogP contribution in [-0.2, 0) is 17.6 Å². The fourth-order valence-electron chi connectivity index (χ4n) is 2.75. The maximum atomic E-state index is 11.9. The van der Waals surface area contributed by atoms with Gasteiger partial charge in [0.2, 0.25) is 5.91 Å². The van der Waals surface area contributed by atoms with Crippen LogP contribution in [0.1, 0.15) is 36.0 Å². The number of thioether (sulfide) groups is 1. The maximum Gasteiger partial charge on any atom is 0.318 e. The van der Waals surface area contributed by atoms with Crippen LogP contribution >= 0.6 is 23.1 Å². The molecule has 0 radical (unpaired) electrons. The molecular formula is C15H18N4O2S2. The third-order valence-electron chi connectivity index (χ3n) is 3.80. The van der Waals surface area contributed by atoms with Crippen molar-refractivity contribution in [3.8, 4) is 0 Å². The first-order chi connectivity index (χ1) is 11.0. The molecule has 0 unspecified atom stereocenters. The average molecular weight is 350 g/mol. The third-order valence-corrected chi connectivity index (χ3v) is 6.07. The summed E-state index contributed by atoms with van der Waals surface area (Å²) in [5.41, 5.74) is 6.34. The van der Waals surface area contributed by atoms with E-state index in [2.05, 4.69) is 15.3 Å². The highest BCUT2D eigenvalue weighted by molar-refractivity contribution is 8.00. The van der Waals surface area contributed by atoms with Gasteiger partial charge in [-0.2, -0.15) is 0 Å². The summed E-state index contributed by atoms with van der Waals surface area (Å²) in [6.07, 6.45) is 4.52. The lowest BCUT2D eigenvalue weighted by molar-refractivity contribution is -0.119. The first-order valence-corrected chi connectivity index (χ1v) is 9.21. The van der Waals surface area contributed by atoms with E-state index in [1.165, 1.54) is 35.0 Å². The van der Waals surface area contributed by atoms with Crippen molar-refractivity contribution in [3.63, 3.8) is 0 Å². The summed E-state index contributed by atoms with van der Waals surface area (Å²) in [4.78, 5) is 34.3. The van der Waals surface area contributed by atoms with Gasteiger partial charge in [-0.05, 0) is 45.1 Å². The molecule has 0 aromatic carbocycles. The van der Waals surface area contributed by atoms with Crippen molar-refractivity contribution >= 4 is 45.3 Å². The topological polar surface area (TPSA) is 98.0 Å². The van der Waals surface area contributed by atoms with Crippen molar-refractivity contribution < 1.29 is 9.59 Å². The molecule has 0 aliphatic heterocycles. The average Bonchev–Trinajstić information content (AvgIpc) is 2.84. The van der Waals surface area contributed by atoms with Gasteiger partial charge in [0.25, 0.3) is 0 Å². The number of primary amides is 1. The number of nitrogens with zero attached hydrogens (tertiary/aromatic N) is 2. The molecule has 0 saturated carbocycles. The predicted octanol–water partition coefficient (Wildman–Crippen LogP) is 2.55. The number of aromatic nitrogens is 2. The Bertz CT molecular complexity index is 787. The molecular weight excluding hydrogens is 332 g/mol. The van der Waals surface area contributed by atoms with Gasteiger partial charge in [0, 0.05) is 10.3 Å². The number of urea groups is 1. The van der Waals surface area contributed by atoms with Crippen LogP contribution in [0.25, 0.3) is 10.2 Å². The molecule has 0 saturated heterocycles. The van der Waals surface area contributed by atoms with Crippen LogP contribution < -0.4 is 11.1 Å². The van der Waals surface area contributed by atoms with Gasteiger partial charge in [0.1, 0.15) is 15.7 Å². The molecule has 1 atom stereocenters. The number of nitrogens with one attached hydrogen (secondary N) is 1. The molecule has 122 valence electrons. The van der Waals surface area contributed by atoms with Crippen molar-refractivity contribution in [1.82, 2.24) is 15.3 Å². The number of hydrogen-bond acceptors (Lipinski definition) is 6. The van der Waals surface area contributed by atoms with E-state index in [1.54, 1.807) is 18.3 Å². The number of carbonyl (C=O) groups is 2. The van der Waals surface area contributed by atoms with Crippen LogP contribution in [0.4, 0.5) is 4.79 Å². The fourth-order valence-corrected chi connectivity index (χ4v) is 5.15. The molecule has 6 nitrogen and oxygen atoms in total. The van der Waals surface area contributed by atoms with Crippen LogP contribution in [0.15, 0.2) is 5.03 Å². The minimum Gasteiger partial charge on any atom is -0.351 e. The van der Waals surface area contributed by atoms with Gasteiger partial charge >= 0.3 is 6.03 Å². The van der Waals surface area contributed by atoms with Crippen LogP contribution in [0, 0.1) is 6.92 Å². The molecule has 1 aliphatic rings. The Morgan fingerprint density at radius 3 is 2.78 bits per heavy atom. The summed E-state index contributed by atoms with van der Waals surface area (Å²) in [7, 11) is 0. The molecule has 0 spiro atoms. The number of amides is 3. The van der Waals surface area contributed by atoms with Gasteiger partial charge in [0.15, 0.2) is 0 Å². The number of aryl methyl sites for hydroxylation is 3. The Labute approximate surface area is 142 Å². The fraction of sp³-hybridized carbons (Fsp3) is 0.467. The predicted molar refractivity (Wildman–Crippen MR) is 91.8 cm³/mol. The van der Waals surface area contributed by atoms with E-state index in [4.69, 9.17) is 5.73 Å². The Morgan fingerprint density at radius 1 is 1.30 bits per heavy atom. The zero-order valence-corrected chi connectivity index (χ0v) is 14.6. The number of carbonyl (C=O) groups excluding carboxylic acids is 2. The monoisotopic (exact) mass is 350 g/mol. The summed E-state index contributed by atoms with van der Waals surface area (Å²) in [6, 6.07) is -0.834. The minimum atomic E-state index is -0.834. The van der Waals surface area contributed by atoms with Crippen LogP contribution in [0.2, 0.25) is 0 Å². The van der Waals surface area contributed by atoms with Gasteiger partial charge in [-0.15, -0.1) is 11.3 Å². The first kappa shape index (κ1) is 16.2. The van der Waals surface area contributed by atoms with Crippen LogP contribution in [0.3, 0.4) is 0 Å². The standard InChI is InChI=1S/C15H18N4O2S2/c1-7(12(20)19-15(16)21)22-13-11-9-5-3-4-6-10(9)23-14(11)18-8(2)17-13/h7H,3-6H2,1-2H3,(H3,16,19,20,21)/t7-/m1/s1. The van der Waals surface area contributed by atoms with E-state index in [-0.39, 0.29) is 0 Å². The van der Waals surface area contributed by atoms with E-state index in [0.717, 1.165) is 28.1 Å². The van der Waals surface area contributed by atoms with Gasteiger partial charge in [-0.25, -0.2) is 14.8 Å². The second kappa shape index (κ2) is 6.45. The molecule has 23 heavy (non-hydrogen) atoms. The van der Waals surface area contributed by atoms with E-state index < -0.39 is 17.2 Å². The van der Waals surface area contributed by atoms with Crippen LogP contribution in [-0.4, -0.2) is 27.2 Å². The summed E-state index contributed by atoms with van der Waals surface area (Å²) >= 11 is 3.09. The van der Waals surface area contributed by atoms with Crippen molar-refractivity contribution in [1.29, 1.82) is 0 Å². The molecule has 0 fully saturated rings. The van der Waals surface area contributed by atoms with Crippen molar-refractivity contribution in [2.75, 3.05) is 0 Å². The Hall–Kier alpha value is -1.67. The highest BCUT2D eigenvalue weighted by Crippen LogP contribution is 2.40. The van der Waals surface area contributed by atoms with Gasteiger partial charge in [0.05, 0.1) is 5.25 Å². The highest BCUT2D eigenvalue weighted by Gasteiger charge is 2.24. The molecule has 8 heteroatoms. The molecule has 3 amide bonds. The van der Waals surface area contributed by atoms with E-state index >= 15 is 0 Å². The van der Waals surface area contributed by atoms with Crippen molar-refractivity contribution in [3.05, 3.63) is 16.3 Å². The van der Waals surface area contributed by atoms with Gasteiger partial charge < -0.3 is 5.73 Å². The Kier molecular flexibility index (Phi) is 4.54. The minimum absolute atomic E-state index is 0.406. The number of fused-ring (bicyclic) bond motifs is 3. The molecule has 2 aromatic rings. The quantitative estimate of drug-likeness (QED) is 0.655. The van der Waals surface area contributed by atoms with E-state index in [9.17, 15) is 9.59 Å². The molecule has 1 aliphatic carbocycles. The summed E-state index contributed by atoms with van der Waals surface area (Å²) in [6.45, 7) is 3.60. The molecule has 0 bridgehead atoms. The number of nitrogens with two attached hydrogens (primary N) is 1. The second-order valence-corrected chi connectivity index (χ2v) is 7.99. The van der Waals surface area contributed by atoms with Crippen molar-refractivity contribution in [2.24, 2.45) is 5.73 Å². The number of thiophene rings is 1. The molecule has 2 aromatic heterocycles. The molecule has 2 heterocycles. The number of imide groups is 1. The lowest BCUT2D eigenvalue weighted by atomic mass is 9.97.